The van der Waals surface area contributed by atoms with E-state index in [0.29, 0.717) is 0 Å². The summed E-state index contributed by atoms with van der Waals surface area (Å²) in [6.07, 6.45) is 1.87. The average molecular weight is 195 g/mol. The van der Waals surface area contributed by atoms with Crippen LogP contribution >= 0.6 is 0 Å². The molecule has 1 atom stereocenters. The first-order valence-corrected chi connectivity index (χ1v) is 5.20. The molecule has 2 rings (SSSR count). The van der Waals surface area contributed by atoms with Gasteiger partial charge in [-0.2, -0.15) is 0 Å². The molecule has 3 nitrogen and oxygen atoms in total. The molecule has 1 aromatic rings. The van der Waals surface area contributed by atoms with Crippen LogP contribution in [-0.4, -0.2) is 29.2 Å². The standard InChI is InChI=1S/C11H17NO2/c1-9-4-5-11(14-9)8-12-6-2-3-10(13)7-12/h4-5,10,13H,2-3,6-8H2,1H3/t10-/m0/s1. The fourth-order valence-electron chi connectivity index (χ4n) is 1.97. The van der Waals surface area contributed by atoms with E-state index in [-0.39, 0.29) is 6.10 Å². The number of hydrogen-bond acceptors (Lipinski definition) is 3. The first-order valence-electron chi connectivity index (χ1n) is 5.20. The first kappa shape index (κ1) is 9.74. The van der Waals surface area contributed by atoms with Crippen LogP contribution in [0, 0.1) is 6.92 Å². The zero-order valence-electron chi connectivity index (χ0n) is 8.57. The van der Waals surface area contributed by atoms with Crippen LogP contribution in [0.2, 0.25) is 0 Å². The summed E-state index contributed by atoms with van der Waals surface area (Å²) >= 11 is 0. The van der Waals surface area contributed by atoms with Gasteiger partial charge in [-0.3, -0.25) is 4.90 Å². The number of rotatable bonds is 2. The summed E-state index contributed by atoms with van der Waals surface area (Å²) in [5.74, 6) is 1.95. The van der Waals surface area contributed by atoms with E-state index >= 15 is 0 Å². The fourth-order valence-corrected chi connectivity index (χ4v) is 1.97. The van der Waals surface area contributed by atoms with Gasteiger partial charge in [0.15, 0.2) is 0 Å². The van der Waals surface area contributed by atoms with E-state index in [0.717, 1.165) is 44.0 Å². The second-order valence-corrected chi connectivity index (χ2v) is 4.04. The summed E-state index contributed by atoms with van der Waals surface area (Å²) in [4.78, 5) is 2.24. The van der Waals surface area contributed by atoms with E-state index in [2.05, 4.69) is 4.90 Å². The number of nitrogens with zero attached hydrogens (tertiary/aromatic N) is 1. The van der Waals surface area contributed by atoms with Gasteiger partial charge in [0.1, 0.15) is 11.5 Å². The maximum absolute atomic E-state index is 9.49. The third-order valence-electron chi connectivity index (χ3n) is 2.66. The summed E-state index contributed by atoms with van der Waals surface area (Å²) in [5.41, 5.74) is 0. The number of furan rings is 1. The lowest BCUT2D eigenvalue weighted by Gasteiger charge is -2.29. The minimum absolute atomic E-state index is 0.153. The smallest absolute Gasteiger partial charge is 0.118 e. The minimum Gasteiger partial charge on any atom is -0.465 e. The Hall–Kier alpha value is -0.800. The van der Waals surface area contributed by atoms with E-state index in [1.165, 1.54) is 0 Å². The molecule has 1 aromatic heterocycles. The van der Waals surface area contributed by atoms with Gasteiger partial charge in [-0.15, -0.1) is 0 Å². The van der Waals surface area contributed by atoms with Crippen molar-refractivity contribution in [2.24, 2.45) is 0 Å². The van der Waals surface area contributed by atoms with Crippen molar-refractivity contribution in [2.45, 2.75) is 32.4 Å². The molecule has 1 aliphatic heterocycles. The van der Waals surface area contributed by atoms with Crippen molar-refractivity contribution >= 4 is 0 Å². The largest absolute Gasteiger partial charge is 0.465 e. The Morgan fingerprint density at radius 3 is 3.07 bits per heavy atom. The second kappa shape index (κ2) is 4.15. The van der Waals surface area contributed by atoms with Gasteiger partial charge in [0.25, 0.3) is 0 Å². The van der Waals surface area contributed by atoms with Crippen molar-refractivity contribution in [3.05, 3.63) is 23.7 Å². The van der Waals surface area contributed by atoms with Crippen LogP contribution in [0.4, 0.5) is 0 Å². The van der Waals surface area contributed by atoms with Crippen molar-refractivity contribution in [1.29, 1.82) is 0 Å². The SMILES string of the molecule is Cc1ccc(CN2CCC[C@H](O)C2)o1. The van der Waals surface area contributed by atoms with E-state index in [4.69, 9.17) is 4.42 Å². The molecule has 3 heteroatoms. The Bertz CT molecular complexity index is 295. The predicted octanol–water partition coefficient (Wildman–Crippen LogP) is 1.54. The van der Waals surface area contributed by atoms with Crippen LogP contribution in [0.15, 0.2) is 16.5 Å². The maximum Gasteiger partial charge on any atom is 0.118 e. The molecule has 0 unspecified atom stereocenters. The van der Waals surface area contributed by atoms with Gasteiger partial charge in [0.05, 0.1) is 12.6 Å². The summed E-state index contributed by atoms with van der Waals surface area (Å²) in [5, 5.41) is 9.49. The number of aryl methyl sites for hydroxylation is 1. The van der Waals surface area contributed by atoms with E-state index < -0.39 is 0 Å². The Kier molecular flexibility index (Phi) is 2.89. The second-order valence-electron chi connectivity index (χ2n) is 4.04. The van der Waals surface area contributed by atoms with Crippen LogP contribution in [0.3, 0.4) is 0 Å². The van der Waals surface area contributed by atoms with Crippen LogP contribution < -0.4 is 0 Å². The van der Waals surface area contributed by atoms with Gasteiger partial charge in [-0.1, -0.05) is 0 Å². The normalized spacial score (nSPS) is 24.0. The third kappa shape index (κ3) is 2.36. The highest BCUT2D eigenvalue weighted by atomic mass is 16.3. The van der Waals surface area contributed by atoms with Crippen molar-refractivity contribution in [3.8, 4) is 0 Å². The van der Waals surface area contributed by atoms with Crippen LogP contribution in [-0.2, 0) is 6.54 Å². The van der Waals surface area contributed by atoms with Crippen LogP contribution in [0.25, 0.3) is 0 Å². The molecule has 0 bridgehead atoms. The zero-order valence-corrected chi connectivity index (χ0v) is 8.57. The molecule has 0 aromatic carbocycles. The van der Waals surface area contributed by atoms with Crippen LogP contribution in [0.1, 0.15) is 24.4 Å². The van der Waals surface area contributed by atoms with Gasteiger partial charge < -0.3 is 9.52 Å². The lowest BCUT2D eigenvalue weighted by atomic mass is 10.1. The summed E-state index contributed by atoms with van der Waals surface area (Å²) in [6, 6.07) is 3.99. The van der Waals surface area contributed by atoms with Gasteiger partial charge >= 0.3 is 0 Å². The highest BCUT2D eigenvalue weighted by molar-refractivity contribution is 5.05. The zero-order chi connectivity index (χ0) is 9.97. The molecular formula is C11H17NO2. The molecule has 0 spiro atoms. The molecule has 1 saturated heterocycles. The number of β-amino-alcohol motifs (C(OH)–C–C–N with tert-alkyl or cyclic N) is 1. The third-order valence-corrected chi connectivity index (χ3v) is 2.66. The van der Waals surface area contributed by atoms with Gasteiger partial charge in [-0.05, 0) is 38.4 Å². The molecule has 0 saturated carbocycles. The number of hydrogen-bond donors (Lipinski definition) is 1. The molecule has 1 fully saturated rings. The molecule has 14 heavy (non-hydrogen) atoms. The lowest BCUT2D eigenvalue weighted by molar-refractivity contribution is 0.0632. The Morgan fingerprint density at radius 2 is 2.43 bits per heavy atom. The number of aliphatic hydroxyl groups excluding tert-OH is 1. The first-order chi connectivity index (χ1) is 6.74. The average Bonchev–Trinajstić information content (AvgIpc) is 2.51. The van der Waals surface area contributed by atoms with Gasteiger partial charge in [0, 0.05) is 6.54 Å². The van der Waals surface area contributed by atoms with Gasteiger partial charge in [0.2, 0.25) is 0 Å². The maximum atomic E-state index is 9.49. The molecule has 0 amide bonds. The van der Waals surface area contributed by atoms with E-state index in [1.54, 1.807) is 0 Å². The van der Waals surface area contributed by atoms with Crippen molar-refractivity contribution in [1.82, 2.24) is 4.90 Å². The Morgan fingerprint density at radius 1 is 1.57 bits per heavy atom. The van der Waals surface area contributed by atoms with Crippen molar-refractivity contribution < 1.29 is 9.52 Å². The minimum atomic E-state index is -0.153. The van der Waals surface area contributed by atoms with Crippen LogP contribution in [0.5, 0.6) is 0 Å². The molecule has 0 radical (unpaired) electrons. The Labute approximate surface area is 84.3 Å². The molecule has 0 aliphatic carbocycles. The monoisotopic (exact) mass is 195 g/mol. The van der Waals surface area contributed by atoms with Crippen molar-refractivity contribution in [2.75, 3.05) is 13.1 Å². The highest BCUT2D eigenvalue weighted by Gasteiger charge is 2.18. The highest BCUT2D eigenvalue weighted by Crippen LogP contribution is 2.14. The molecule has 1 N–H and O–H groups in total. The topological polar surface area (TPSA) is 36.6 Å². The number of likely N-dealkylation sites (tertiary alicyclic amines) is 1. The summed E-state index contributed by atoms with van der Waals surface area (Å²) in [6.45, 7) is 4.62. The quantitative estimate of drug-likeness (QED) is 0.777. The number of piperidine rings is 1. The predicted molar refractivity (Wildman–Crippen MR) is 54.0 cm³/mol. The van der Waals surface area contributed by atoms with E-state index in [1.807, 2.05) is 19.1 Å². The molecule has 78 valence electrons. The summed E-state index contributed by atoms with van der Waals surface area (Å²) in [7, 11) is 0. The Balaban J connectivity index is 1.90. The van der Waals surface area contributed by atoms with Crippen molar-refractivity contribution in [3.63, 3.8) is 0 Å². The van der Waals surface area contributed by atoms with Gasteiger partial charge in [-0.25, -0.2) is 0 Å². The molecule has 1 aliphatic rings. The molecular weight excluding hydrogens is 178 g/mol. The molecule has 2 heterocycles. The summed E-state index contributed by atoms with van der Waals surface area (Å²) < 4.78 is 5.50. The number of aliphatic hydroxyl groups is 1. The lowest BCUT2D eigenvalue weighted by Crippen LogP contribution is -2.37. The van der Waals surface area contributed by atoms with E-state index in [9.17, 15) is 5.11 Å². The fraction of sp³-hybridized carbons (Fsp3) is 0.636.